The third-order valence-electron chi connectivity index (χ3n) is 5.32. The van der Waals surface area contributed by atoms with E-state index in [4.69, 9.17) is 15.2 Å². The number of hydrogen-bond donors (Lipinski definition) is 3. The number of nitrogen functional groups attached to an aromatic ring is 1. The standard InChI is InChI=1S/C26H32N4O3/c1-19(32-2)8-13-25(33-18-21-6-4-3-5-7-21)29-17-20-9-11-22(12-10-20)26(31)30-23-14-15-28-24(27)16-23/h3-7,9-12,14-16,19,25,29H,8,13,17-18H2,1-2H3,(H3,27,28,30,31). The summed E-state index contributed by atoms with van der Waals surface area (Å²) in [6.07, 6.45) is 3.34. The zero-order valence-electron chi connectivity index (χ0n) is 19.2. The van der Waals surface area contributed by atoms with Gasteiger partial charge in [0.15, 0.2) is 0 Å². The average molecular weight is 449 g/mol. The van der Waals surface area contributed by atoms with E-state index in [0.717, 1.165) is 24.0 Å². The Morgan fingerprint density at radius 2 is 1.79 bits per heavy atom. The van der Waals surface area contributed by atoms with E-state index in [1.54, 1.807) is 25.4 Å². The molecule has 2 unspecified atom stereocenters. The predicted octanol–water partition coefficient (Wildman–Crippen LogP) is 4.36. The first-order valence-electron chi connectivity index (χ1n) is 11.1. The van der Waals surface area contributed by atoms with Gasteiger partial charge in [-0.1, -0.05) is 42.5 Å². The van der Waals surface area contributed by atoms with Crippen molar-refractivity contribution in [1.82, 2.24) is 10.3 Å². The van der Waals surface area contributed by atoms with Crippen LogP contribution in [0.15, 0.2) is 72.9 Å². The number of nitrogens with two attached hydrogens (primary N) is 1. The monoisotopic (exact) mass is 448 g/mol. The normalized spacial score (nSPS) is 12.8. The minimum Gasteiger partial charge on any atom is -0.384 e. The van der Waals surface area contributed by atoms with Crippen molar-refractivity contribution >= 4 is 17.4 Å². The largest absolute Gasteiger partial charge is 0.384 e. The predicted molar refractivity (Wildman–Crippen MR) is 131 cm³/mol. The number of nitrogens with zero attached hydrogens (tertiary/aromatic N) is 1. The summed E-state index contributed by atoms with van der Waals surface area (Å²) in [6, 6.07) is 20.9. The Balaban J connectivity index is 1.54. The minimum absolute atomic E-state index is 0.108. The van der Waals surface area contributed by atoms with Crippen LogP contribution < -0.4 is 16.4 Å². The molecule has 2 aromatic carbocycles. The fraction of sp³-hybridized carbons (Fsp3) is 0.308. The van der Waals surface area contributed by atoms with Gasteiger partial charge in [-0.05, 0) is 49.1 Å². The molecule has 1 heterocycles. The Morgan fingerprint density at radius 3 is 2.48 bits per heavy atom. The maximum Gasteiger partial charge on any atom is 0.255 e. The summed E-state index contributed by atoms with van der Waals surface area (Å²) < 4.78 is 11.5. The summed E-state index contributed by atoms with van der Waals surface area (Å²) in [7, 11) is 1.72. The molecule has 33 heavy (non-hydrogen) atoms. The van der Waals surface area contributed by atoms with Crippen molar-refractivity contribution in [2.45, 2.75) is 45.2 Å². The number of rotatable bonds is 12. The van der Waals surface area contributed by atoms with E-state index in [2.05, 4.69) is 34.7 Å². The Bertz CT molecular complexity index is 996. The molecule has 0 aliphatic heterocycles. The number of carbonyl (C=O) groups is 1. The Morgan fingerprint density at radius 1 is 1.03 bits per heavy atom. The molecule has 7 nitrogen and oxygen atoms in total. The van der Waals surface area contributed by atoms with E-state index in [9.17, 15) is 4.79 Å². The van der Waals surface area contributed by atoms with Crippen LogP contribution in [0.5, 0.6) is 0 Å². The van der Waals surface area contributed by atoms with E-state index in [0.29, 0.717) is 30.2 Å². The topological polar surface area (TPSA) is 98.5 Å². The molecule has 7 heteroatoms. The van der Waals surface area contributed by atoms with Gasteiger partial charge < -0.3 is 20.5 Å². The van der Waals surface area contributed by atoms with Crippen LogP contribution >= 0.6 is 0 Å². The molecule has 174 valence electrons. The molecule has 0 bridgehead atoms. The molecular formula is C26H32N4O3. The first kappa shape index (κ1) is 24.4. The van der Waals surface area contributed by atoms with Crippen LogP contribution in [0.1, 0.15) is 41.3 Å². The van der Waals surface area contributed by atoms with Crippen molar-refractivity contribution in [3.05, 3.63) is 89.6 Å². The van der Waals surface area contributed by atoms with Gasteiger partial charge in [-0.2, -0.15) is 0 Å². The summed E-state index contributed by atoms with van der Waals surface area (Å²) in [5, 5.41) is 6.31. The lowest BCUT2D eigenvalue weighted by Gasteiger charge is -2.21. The fourth-order valence-corrected chi connectivity index (χ4v) is 3.25. The molecule has 1 aromatic heterocycles. The van der Waals surface area contributed by atoms with Gasteiger partial charge in [-0.25, -0.2) is 4.98 Å². The second-order valence-corrected chi connectivity index (χ2v) is 7.91. The number of nitrogens with one attached hydrogen (secondary N) is 2. The molecule has 0 aliphatic carbocycles. The SMILES string of the molecule is COC(C)CCC(NCc1ccc(C(=O)Nc2ccnc(N)c2)cc1)OCc1ccccc1. The zero-order valence-corrected chi connectivity index (χ0v) is 19.2. The van der Waals surface area contributed by atoms with Crippen LogP contribution in [0, 0.1) is 0 Å². The van der Waals surface area contributed by atoms with Gasteiger partial charge in [0.05, 0.1) is 12.7 Å². The second kappa shape index (κ2) is 12.7. The van der Waals surface area contributed by atoms with E-state index in [1.165, 1.54) is 0 Å². The summed E-state index contributed by atoms with van der Waals surface area (Å²) >= 11 is 0. The average Bonchev–Trinajstić information content (AvgIpc) is 2.84. The van der Waals surface area contributed by atoms with Crippen molar-refractivity contribution in [3.8, 4) is 0 Å². The number of amides is 1. The second-order valence-electron chi connectivity index (χ2n) is 7.91. The van der Waals surface area contributed by atoms with Gasteiger partial charge in [-0.3, -0.25) is 10.1 Å². The lowest BCUT2D eigenvalue weighted by molar-refractivity contribution is -0.00116. The Labute approximate surface area is 195 Å². The number of pyridine rings is 1. The fourth-order valence-electron chi connectivity index (χ4n) is 3.25. The van der Waals surface area contributed by atoms with Crippen LogP contribution in [0.4, 0.5) is 11.5 Å². The van der Waals surface area contributed by atoms with Crippen LogP contribution in [-0.2, 0) is 22.6 Å². The number of ether oxygens (including phenoxy) is 2. The summed E-state index contributed by atoms with van der Waals surface area (Å²) in [5.74, 6) is 0.163. The van der Waals surface area contributed by atoms with E-state index in [1.807, 2.05) is 42.5 Å². The number of hydrogen-bond acceptors (Lipinski definition) is 6. The van der Waals surface area contributed by atoms with Crippen molar-refractivity contribution in [3.63, 3.8) is 0 Å². The number of anilines is 2. The van der Waals surface area contributed by atoms with Crippen molar-refractivity contribution in [2.24, 2.45) is 0 Å². The van der Waals surface area contributed by atoms with Crippen LogP contribution in [0.25, 0.3) is 0 Å². The lowest BCUT2D eigenvalue weighted by atomic mass is 10.1. The van der Waals surface area contributed by atoms with Gasteiger partial charge in [0.2, 0.25) is 0 Å². The highest BCUT2D eigenvalue weighted by Crippen LogP contribution is 2.13. The van der Waals surface area contributed by atoms with E-state index >= 15 is 0 Å². The van der Waals surface area contributed by atoms with Gasteiger partial charge in [0.25, 0.3) is 5.91 Å². The summed E-state index contributed by atoms with van der Waals surface area (Å²) in [5.41, 5.74) is 9.04. The summed E-state index contributed by atoms with van der Waals surface area (Å²) in [6.45, 7) is 3.22. The molecule has 4 N–H and O–H groups in total. The Hall–Kier alpha value is -3.26. The smallest absolute Gasteiger partial charge is 0.255 e. The number of aromatic nitrogens is 1. The third-order valence-corrected chi connectivity index (χ3v) is 5.32. The molecule has 0 radical (unpaired) electrons. The van der Waals surface area contributed by atoms with E-state index < -0.39 is 0 Å². The summed E-state index contributed by atoms with van der Waals surface area (Å²) in [4.78, 5) is 16.4. The first-order valence-corrected chi connectivity index (χ1v) is 11.1. The van der Waals surface area contributed by atoms with Crippen molar-refractivity contribution < 1.29 is 14.3 Å². The molecule has 0 saturated heterocycles. The molecular weight excluding hydrogens is 416 g/mol. The van der Waals surface area contributed by atoms with Crippen molar-refractivity contribution in [1.29, 1.82) is 0 Å². The third kappa shape index (κ3) is 8.31. The molecule has 0 aliphatic rings. The van der Waals surface area contributed by atoms with Crippen molar-refractivity contribution in [2.75, 3.05) is 18.2 Å². The molecule has 0 fully saturated rings. The van der Waals surface area contributed by atoms with Gasteiger partial charge in [0, 0.05) is 37.2 Å². The molecule has 0 saturated carbocycles. The molecule has 1 amide bonds. The number of benzene rings is 2. The quantitative estimate of drug-likeness (QED) is 0.356. The maximum absolute atomic E-state index is 12.5. The number of carbonyl (C=O) groups excluding carboxylic acids is 1. The molecule has 0 spiro atoms. The number of methoxy groups -OCH3 is 1. The molecule has 3 rings (SSSR count). The first-order chi connectivity index (χ1) is 16.0. The highest BCUT2D eigenvalue weighted by Gasteiger charge is 2.12. The van der Waals surface area contributed by atoms with Crippen LogP contribution in [0.3, 0.4) is 0 Å². The lowest BCUT2D eigenvalue weighted by Crippen LogP contribution is -2.32. The van der Waals surface area contributed by atoms with Gasteiger partial charge in [-0.15, -0.1) is 0 Å². The Kier molecular flexibility index (Phi) is 9.38. The van der Waals surface area contributed by atoms with Gasteiger partial charge >= 0.3 is 0 Å². The van der Waals surface area contributed by atoms with Gasteiger partial charge in [0.1, 0.15) is 12.0 Å². The minimum atomic E-state index is -0.197. The zero-order chi connectivity index (χ0) is 23.5. The maximum atomic E-state index is 12.5. The highest BCUT2D eigenvalue weighted by atomic mass is 16.5. The van der Waals surface area contributed by atoms with E-state index in [-0.39, 0.29) is 18.2 Å². The van der Waals surface area contributed by atoms with Crippen LogP contribution in [-0.4, -0.2) is 30.3 Å². The highest BCUT2D eigenvalue weighted by molar-refractivity contribution is 6.04. The molecule has 3 aromatic rings. The van der Waals surface area contributed by atoms with Crippen LogP contribution in [0.2, 0.25) is 0 Å². The molecule has 2 atom stereocenters.